The normalized spacial score (nSPS) is 12.1. The first-order valence-electron chi connectivity index (χ1n) is 9.45. The zero-order chi connectivity index (χ0) is 21.7. The Morgan fingerprint density at radius 2 is 1.61 bits per heavy atom. The Hall–Kier alpha value is -0.366. The zero-order valence-corrected chi connectivity index (χ0v) is 21.7. The molecule has 2 aromatic rings. The summed E-state index contributed by atoms with van der Waals surface area (Å²) in [7, 11) is 5.07. The van der Waals surface area contributed by atoms with Gasteiger partial charge in [-0.2, -0.15) is 0 Å². The second kappa shape index (κ2) is 10.6. The molecule has 0 aromatic heterocycles. The molecule has 0 aliphatic heterocycles. The predicted molar refractivity (Wildman–Crippen MR) is 123 cm³/mol. The van der Waals surface area contributed by atoms with Crippen molar-refractivity contribution in [2.45, 2.75) is 72.9 Å². The van der Waals surface area contributed by atoms with E-state index >= 15 is 0 Å². The fraction of sp³-hybridized carbons (Fsp3) is 0.478. The van der Waals surface area contributed by atoms with Gasteiger partial charge in [0.15, 0.2) is 0 Å². The van der Waals surface area contributed by atoms with Crippen molar-refractivity contribution in [3.63, 3.8) is 0 Å². The summed E-state index contributed by atoms with van der Waals surface area (Å²) >= 11 is 1.47. The Morgan fingerprint density at radius 3 is 2.14 bits per heavy atom. The fourth-order valence-electron chi connectivity index (χ4n) is 2.80. The van der Waals surface area contributed by atoms with Gasteiger partial charge in [-0.15, -0.1) is 12.1 Å². The van der Waals surface area contributed by atoms with Crippen molar-refractivity contribution in [3.05, 3.63) is 57.9 Å². The van der Waals surface area contributed by atoms with Gasteiger partial charge in [0.05, 0.1) is 0 Å². The van der Waals surface area contributed by atoms with Crippen molar-refractivity contribution in [2.24, 2.45) is 0 Å². The summed E-state index contributed by atoms with van der Waals surface area (Å²) in [5.74, 6) is 0.429. The van der Waals surface area contributed by atoms with E-state index < -0.39 is 0 Å². The molecule has 5 heteroatoms. The number of nitrogens with zero attached hydrogens (tertiary/aromatic N) is 1. The molecule has 0 spiro atoms. The molecule has 0 aliphatic rings. The van der Waals surface area contributed by atoms with Crippen LogP contribution in [0.15, 0.2) is 30.3 Å². The molecule has 0 bridgehead atoms. The van der Waals surface area contributed by atoms with Gasteiger partial charge in [0.1, 0.15) is 5.75 Å². The molecule has 0 aliphatic carbocycles. The number of rotatable bonds is 4. The number of phenols is 1. The van der Waals surface area contributed by atoms with Gasteiger partial charge in [0.2, 0.25) is 0 Å². The monoisotopic (exact) mass is 453 g/mol. The molecular weight excluding hydrogens is 421 g/mol. The molecule has 0 fully saturated rings. The second-order valence-corrected chi connectivity index (χ2v) is 10.4. The summed E-state index contributed by atoms with van der Waals surface area (Å²) < 4.78 is 0. The van der Waals surface area contributed by atoms with Crippen LogP contribution >= 0.6 is 17.9 Å². The quantitative estimate of drug-likeness (QED) is 0.428. The Bertz CT molecular complexity index is 794. The summed E-state index contributed by atoms with van der Waals surface area (Å²) in [4.78, 5) is 0. The van der Waals surface area contributed by atoms with E-state index in [4.69, 9.17) is 5.32 Å². The third-order valence-electron chi connectivity index (χ3n) is 4.51. The first-order chi connectivity index (χ1) is 12.9. The van der Waals surface area contributed by atoms with Crippen molar-refractivity contribution in [1.29, 1.82) is 0 Å². The third-order valence-corrected chi connectivity index (χ3v) is 6.12. The summed E-state index contributed by atoms with van der Waals surface area (Å²) in [6.07, 6.45) is 0. The zero-order valence-electron chi connectivity index (χ0n) is 18.4. The Kier molecular flexibility index (Phi) is 9.72. The van der Waals surface area contributed by atoms with Crippen molar-refractivity contribution >= 4 is 28.5 Å². The van der Waals surface area contributed by atoms with Crippen molar-refractivity contribution in [2.75, 3.05) is 0 Å². The van der Waals surface area contributed by atoms with Crippen molar-refractivity contribution in [3.8, 4) is 5.75 Å². The Morgan fingerprint density at radius 1 is 1.00 bits per heavy atom. The predicted octanol–water partition coefficient (Wildman–Crippen LogP) is 6.30. The van der Waals surface area contributed by atoms with Crippen LogP contribution in [0.2, 0.25) is 0 Å². The molecular formula is C23H33ClNOPTi. The molecule has 0 radical (unpaired) electrons. The van der Waals surface area contributed by atoms with Crippen LogP contribution in [-0.2, 0) is 31.3 Å². The first kappa shape index (κ1) is 25.7. The van der Waals surface area contributed by atoms with Gasteiger partial charge in [0.25, 0.3) is 0 Å². The number of phenolic OH excluding ortho intramolecular Hbond substituents is 1. The van der Waals surface area contributed by atoms with E-state index in [0.29, 0.717) is 20.9 Å². The van der Waals surface area contributed by atoms with Gasteiger partial charge >= 0.3 is 28.7 Å². The topological polar surface area (TPSA) is 34.3 Å². The molecule has 0 heterocycles. The summed E-state index contributed by atoms with van der Waals surface area (Å²) in [6, 6.07) is 10.7. The van der Waals surface area contributed by atoms with Crippen LogP contribution < -0.4 is 10.6 Å². The number of aryl methyl sites for hydroxylation is 2. The Labute approximate surface area is 188 Å². The van der Waals surface area contributed by atoms with Gasteiger partial charge in [-0.3, -0.25) is 0 Å². The summed E-state index contributed by atoms with van der Waals surface area (Å²) in [6.45, 7) is 17.9. The molecule has 2 rings (SSSR count). The van der Waals surface area contributed by atoms with E-state index in [2.05, 4.69) is 88.1 Å². The molecule has 1 atom stereocenters. The standard InChI is InChI=1S/C23H33NOP.ClH.Ti/c1-15-10-9-11-17(14-24-23(6,7)8)21(15)26-19-13-18(22(3,4)5)12-16(2)20(19)25;;/h9-13,25-26H,14H2,1-8H3;1H;/q-1;;+2/p-1. The van der Waals surface area contributed by atoms with Crippen LogP contribution in [0.4, 0.5) is 0 Å². The van der Waals surface area contributed by atoms with E-state index in [0.717, 1.165) is 10.9 Å². The van der Waals surface area contributed by atoms with E-state index in [1.165, 1.54) is 41.4 Å². The SMILES string of the molecule is Cc1cc(C(C)(C)C)cc(Pc2c(C)cccc2C[N-]C(C)(C)C)c1O.[Cl][Ti+]. The average Bonchev–Trinajstić information content (AvgIpc) is 2.59. The first-order valence-corrected chi connectivity index (χ1v) is 12.6. The van der Waals surface area contributed by atoms with E-state index in [1.54, 1.807) is 0 Å². The molecule has 2 aromatic carbocycles. The molecule has 0 saturated carbocycles. The summed E-state index contributed by atoms with van der Waals surface area (Å²) in [5.41, 5.74) is 4.77. The van der Waals surface area contributed by atoms with Gasteiger partial charge in [0, 0.05) is 5.30 Å². The fourth-order valence-corrected chi connectivity index (χ4v) is 4.22. The van der Waals surface area contributed by atoms with Crippen LogP contribution in [0.3, 0.4) is 0 Å². The van der Waals surface area contributed by atoms with Gasteiger partial charge < -0.3 is 10.4 Å². The van der Waals surface area contributed by atoms with Crippen molar-refractivity contribution in [1.82, 2.24) is 0 Å². The number of hydrogen-bond acceptors (Lipinski definition) is 1. The third kappa shape index (κ3) is 7.47. The number of benzene rings is 2. The van der Waals surface area contributed by atoms with E-state index in [-0.39, 0.29) is 11.0 Å². The summed E-state index contributed by atoms with van der Waals surface area (Å²) in [5, 5.41) is 17.8. The molecule has 0 amide bonds. The minimum absolute atomic E-state index is 0.0466. The van der Waals surface area contributed by atoms with Crippen LogP contribution in [-0.4, -0.2) is 10.6 Å². The maximum atomic E-state index is 10.7. The van der Waals surface area contributed by atoms with Gasteiger partial charge in [-0.05, 0) is 47.3 Å². The number of aromatic hydroxyl groups is 1. The minimum atomic E-state index is -0.0466. The molecule has 1 N–H and O–H groups in total. The molecule has 2 nitrogen and oxygen atoms in total. The van der Waals surface area contributed by atoms with E-state index in [1.807, 2.05) is 6.92 Å². The van der Waals surface area contributed by atoms with Crippen LogP contribution in [0.25, 0.3) is 5.32 Å². The number of hydrogen-bond donors (Lipinski definition) is 1. The average molecular weight is 454 g/mol. The molecule has 152 valence electrons. The van der Waals surface area contributed by atoms with Crippen molar-refractivity contribution < 1.29 is 24.5 Å². The van der Waals surface area contributed by atoms with Gasteiger partial charge in [-0.1, -0.05) is 80.0 Å². The van der Waals surface area contributed by atoms with Crippen LogP contribution in [0.1, 0.15) is 63.8 Å². The number of halogens is 1. The van der Waals surface area contributed by atoms with Gasteiger partial charge in [-0.25, -0.2) is 0 Å². The second-order valence-electron chi connectivity index (χ2n) is 9.16. The maximum absolute atomic E-state index is 10.7. The molecule has 0 saturated heterocycles. The Balaban J connectivity index is 0.00000190. The molecule has 28 heavy (non-hydrogen) atoms. The van der Waals surface area contributed by atoms with Crippen LogP contribution in [0.5, 0.6) is 5.75 Å². The van der Waals surface area contributed by atoms with Crippen LogP contribution in [0, 0.1) is 13.8 Å². The molecule has 1 unspecified atom stereocenters. The van der Waals surface area contributed by atoms with E-state index in [9.17, 15) is 5.11 Å².